The number of benzene rings is 1. The summed E-state index contributed by atoms with van der Waals surface area (Å²) in [5.41, 5.74) is 0.625. The summed E-state index contributed by atoms with van der Waals surface area (Å²) in [6.45, 7) is 0.807. The van der Waals surface area contributed by atoms with Crippen molar-refractivity contribution in [2.24, 2.45) is 0 Å². The number of rotatable bonds is 5. The summed E-state index contributed by atoms with van der Waals surface area (Å²) in [5, 5.41) is 20.0. The van der Waals surface area contributed by atoms with Crippen molar-refractivity contribution in [1.82, 2.24) is 15.0 Å². The van der Waals surface area contributed by atoms with Gasteiger partial charge in [-0.15, -0.1) is 0 Å². The smallest absolute Gasteiger partial charge is 0.451 e. The number of morpholine rings is 1. The molecule has 2 aliphatic heterocycles. The molecule has 0 spiro atoms. The van der Waals surface area contributed by atoms with Crippen molar-refractivity contribution >= 4 is 51.1 Å². The zero-order valence-electron chi connectivity index (χ0n) is 21.0. The molecule has 2 saturated heterocycles. The number of anilines is 2. The number of carbonyl (C=O) groups is 1. The maximum Gasteiger partial charge on any atom is 0.451 e. The van der Waals surface area contributed by atoms with Gasteiger partial charge in [0.1, 0.15) is 28.9 Å². The van der Waals surface area contributed by atoms with Crippen LogP contribution < -0.4 is 14.5 Å². The monoisotopic (exact) mass is 588 g/mol. The van der Waals surface area contributed by atoms with E-state index in [2.05, 4.69) is 21.0 Å². The molecule has 0 bridgehead atoms. The highest BCUT2D eigenvalue weighted by molar-refractivity contribution is 6.30. The van der Waals surface area contributed by atoms with Crippen molar-refractivity contribution in [1.29, 1.82) is 5.26 Å². The van der Waals surface area contributed by atoms with Crippen LogP contribution in [0.3, 0.4) is 0 Å². The van der Waals surface area contributed by atoms with Crippen molar-refractivity contribution in [3.05, 3.63) is 47.4 Å². The number of nitrogens with zero attached hydrogens (tertiary/aromatic N) is 6. The molecule has 41 heavy (non-hydrogen) atoms. The third-order valence-corrected chi connectivity index (χ3v) is 7.11. The quantitative estimate of drug-likeness (QED) is 0.357. The van der Waals surface area contributed by atoms with Crippen molar-refractivity contribution in [3.63, 3.8) is 0 Å². The topological polar surface area (TPSA) is 138 Å². The fourth-order valence-electron chi connectivity index (χ4n) is 5.09. The predicted octanol–water partition coefficient (Wildman–Crippen LogP) is 4.28. The van der Waals surface area contributed by atoms with Gasteiger partial charge in [-0.1, -0.05) is 23.7 Å². The molecule has 2 aliphatic rings. The van der Waals surface area contributed by atoms with E-state index < -0.39 is 36.2 Å². The minimum atomic E-state index is -4.89. The minimum Gasteiger partial charge on any atom is -0.480 e. The second kappa shape index (κ2) is 10.2. The summed E-state index contributed by atoms with van der Waals surface area (Å²) in [4.78, 5) is 27.1. The first-order valence-electron chi connectivity index (χ1n) is 12.5. The highest BCUT2D eigenvalue weighted by atomic mass is 35.5. The van der Waals surface area contributed by atoms with E-state index >= 15 is 0 Å². The summed E-state index contributed by atoms with van der Waals surface area (Å²) in [6.07, 6.45) is -5.10. The van der Waals surface area contributed by atoms with Crippen LogP contribution in [0.1, 0.15) is 12.2 Å². The second-order valence-electron chi connectivity index (χ2n) is 9.54. The predicted molar refractivity (Wildman–Crippen MR) is 139 cm³/mol. The Bertz CT molecular complexity index is 1690. The SMILES string of the molecule is N#CC1CN(c2cc(Cl)cnc2OC2C[C@@H](C(=O)O)N(c3nc(C(F)(F)F)nc4c3oc3ccccc34)C2)CCO1. The van der Waals surface area contributed by atoms with Crippen LogP contribution in [-0.2, 0) is 15.7 Å². The van der Waals surface area contributed by atoms with E-state index in [1.54, 1.807) is 30.3 Å². The van der Waals surface area contributed by atoms with Gasteiger partial charge in [-0.05, 0) is 18.2 Å². The van der Waals surface area contributed by atoms with Crippen molar-refractivity contribution < 1.29 is 37.0 Å². The number of ether oxygens (including phenoxy) is 2. The summed E-state index contributed by atoms with van der Waals surface area (Å²) in [7, 11) is 0. The molecule has 0 aliphatic carbocycles. The molecule has 3 aromatic heterocycles. The lowest BCUT2D eigenvalue weighted by Crippen LogP contribution is -2.42. The van der Waals surface area contributed by atoms with E-state index in [0.717, 1.165) is 0 Å². The average Bonchev–Trinajstić information content (AvgIpc) is 3.55. The lowest BCUT2D eigenvalue weighted by Gasteiger charge is -2.32. The number of carboxylic acid groups (broad SMARTS) is 1. The number of fused-ring (bicyclic) bond motifs is 3. The molecule has 1 N–H and O–H groups in total. The van der Waals surface area contributed by atoms with Gasteiger partial charge in [0.25, 0.3) is 0 Å². The van der Waals surface area contributed by atoms with Gasteiger partial charge in [-0.3, -0.25) is 0 Å². The molecule has 0 amide bonds. The van der Waals surface area contributed by atoms with Crippen LogP contribution in [0.2, 0.25) is 5.02 Å². The Morgan fingerprint density at radius 2 is 2.05 bits per heavy atom. The normalized spacial score (nSPS) is 21.4. The number of furan rings is 1. The number of nitriles is 1. The molecule has 11 nitrogen and oxygen atoms in total. The van der Waals surface area contributed by atoms with Gasteiger partial charge < -0.3 is 28.8 Å². The maximum atomic E-state index is 13.8. The highest BCUT2D eigenvalue weighted by Crippen LogP contribution is 2.40. The Balaban J connectivity index is 1.38. The standard InChI is InChI=1S/C26H20ClF3N6O5/c27-13-7-17(35-5-6-39-15(9-31)11-35)23(32-10-13)40-14-8-18(24(37)38)36(12-14)22-21-20(33-25(34-22)26(28,29)30)16-3-1-2-4-19(16)41-21/h1-4,7,10,14-15,18H,5-6,8,11-12H2,(H,37,38)/t14?,15?,18-/m0/s1. The first-order valence-corrected chi connectivity index (χ1v) is 12.8. The molecule has 2 fully saturated rings. The molecular formula is C26H20ClF3N6O5. The van der Waals surface area contributed by atoms with Crippen molar-refractivity contribution in [2.45, 2.75) is 30.8 Å². The van der Waals surface area contributed by atoms with Crippen molar-refractivity contribution in [2.75, 3.05) is 36.0 Å². The number of pyridine rings is 1. The number of hydrogen-bond acceptors (Lipinski definition) is 10. The molecule has 15 heteroatoms. The molecule has 5 heterocycles. The molecule has 3 atom stereocenters. The average molecular weight is 589 g/mol. The third-order valence-electron chi connectivity index (χ3n) is 6.90. The summed E-state index contributed by atoms with van der Waals surface area (Å²) >= 11 is 6.19. The Morgan fingerprint density at radius 1 is 1.24 bits per heavy atom. The lowest BCUT2D eigenvalue weighted by molar-refractivity contribution is -0.144. The van der Waals surface area contributed by atoms with Crippen LogP contribution in [0, 0.1) is 11.3 Å². The van der Waals surface area contributed by atoms with Gasteiger partial charge in [-0.25, -0.2) is 19.7 Å². The summed E-state index contributed by atoms with van der Waals surface area (Å²) in [6, 6.07) is 8.83. The number of hydrogen-bond donors (Lipinski definition) is 1. The van der Waals surface area contributed by atoms with Crippen LogP contribution in [-0.4, -0.2) is 70.5 Å². The fourth-order valence-corrected chi connectivity index (χ4v) is 5.24. The number of alkyl halides is 3. The van der Waals surface area contributed by atoms with Crippen LogP contribution in [0.4, 0.5) is 24.7 Å². The number of carboxylic acids is 1. The molecule has 2 unspecified atom stereocenters. The maximum absolute atomic E-state index is 13.8. The van der Waals surface area contributed by atoms with Crippen LogP contribution in [0.5, 0.6) is 5.88 Å². The van der Waals surface area contributed by atoms with E-state index in [0.29, 0.717) is 22.6 Å². The fraction of sp³-hybridized carbons (Fsp3) is 0.346. The number of aliphatic carboxylic acids is 1. The van der Waals surface area contributed by atoms with Gasteiger partial charge in [0.05, 0.1) is 30.8 Å². The first-order chi connectivity index (χ1) is 19.6. The highest BCUT2D eigenvalue weighted by Gasteiger charge is 2.43. The van der Waals surface area contributed by atoms with Crippen LogP contribution >= 0.6 is 11.6 Å². The van der Waals surface area contributed by atoms with Gasteiger partial charge >= 0.3 is 12.1 Å². The van der Waals surface area contributed by atoms with Gasteiger partial charge in [0.15, 0.2) is 17.5 Å². The van der Waals surface area contributed by atoms with E-state index in [-0.39, 0.29) is 54.5 Å². The number of aromatic nitrogens is 3. The molecule has 0 radical (unpaired) electrons. The van der Waals surface area contributed by atoms with E-state index in [1.165, 1.54) is 11.1 Å². The third kappa shape index (κ3) is 5.02. The number of para-hydroxylation sites is 1. The first kappa shape index (κ1) is 26.9. The number of halogens is 4. The van der Waals surface area contributed by atoms with Gasteiger partial charge in [0.2, 0.25) is 11.7 Å². The molecule has 0 saturated carbocycles. The Kier molecular flexibility index (Phi) is 6.71. The van der Waals surface area contributed by atoms with E-state index in [9.17, 15) is 28.3 Å². The van der Waals surface area contributed by atoms with E-state index in [1.807, 2.05) is 4.90 Å². The second-order valence-corrected chi connectivity index (χ2v) is 9.98. The molecule has 1 aromatic carbocycles. The largest absolute Gasteiger partial charge is 0.480 e. The van der Waals surface area contributed by atoms with Crippen LogP contribution in [0.25, 0.3) is 22.1 Å². The summed E-state index contributed by atoms with van der Waals surface area (Å²) in [5.74, 6) is -2.86. The van der Waals surface area contributed by atoms with Crippen LogP contribution in [0.15, 0.2) is 40.9 Å². The Labute approximate surface area is 234 Å². The Morgan fingerprint density at radius 3 is 2.80 bits per heavy atom. The minimum absolute atomic E-state index is 0.0627. The molecule has 4 aromatic rings. The van der Waals surface area contributed by atoms with Gasteiger partial charge in [-0.2, -0.15) is 18.4 Å². The molecule has 6 rings (SSSR count). The zero-order chi connectivity index (χ0) is 28.9. The molecular weight excluding hydrogens is 569 g/mol. The summed E-state index contributed by atoms with van der Waals surface area (Å²) < 4.78 is 58.9. The van der Waals surface area contributed by atoms with Crippen molar-refractivity contribution in [3.8, 4) is 11.9 Å². The lowest BCUT2D eigenvalue weighted by atomic mass is 10.2. The molecule has 212 valence electrons. The zero-order valence-corrected chi connectivity index (χ0v) is 21.8. The van der Waals surface area contributed by atoms with E-state index in [4.69, 9.17) is 25.5 Å². The van der Waals surface area contributed by atoms with Gasteiger partial charge in [0, 0.05) is 24.5 Å². The Hall–Kier alpha value is -4.35.